The number of carbonyl (C=O) groups is 2. The van der Waals surface area contributed by atoms with E-state index in [-0.39, 0.29) is 55.3 Å². The average Bonchev–Trinajstić information content (AvgIpc) is 2.91. The van der Waals surface area contributed by atoms with Crippen LogP contribution in [0.3, 0.4) is 0 Å². The van der Waals surface area contributed by atoms with Crippen molar-refractivity contribution in [3.8, 4) is 0 Å². The third kappa shape index (κ3) is 5.85. The van der Waals surface area contributed by atoms with Crippen molar-refractivity contribution in [1.82, 2.24) is 15.1 Å². The Morgan fingerprint density at radius 1 is 1.13 bits per heavy atom. The third-order valence-electron chi connectivity index (χ3n) is 8.07. The molecule has 11 heteroatoms. The van der Waals surface area contributed by atoms with Gasteiger partial charge in [-0.2, -0.15) is 13.2 Å². The van der Waals surface area contributed by atoms with Crippen LogP contribution in [-0.2, 0) is 23.1 Å². The van der Waals surface area contributed by atoms with Crippen LogP contribution in [-0.4, -0.2) is 55.8 Å². The highest BCUT2D eigenvalue weighted by Crippen LogP contribution is 2.37. The molecule has 0 aromatic heterocycles. The molecule has 2 aromatic rings. The minimum atomic E-state index is -4.49. The summed E-state index contributed by atoms with van der Waals surface area (Å²) in [7, 11) is 0. The number of hydrogen-bond acceptors (Lipinski definition) is 4. The minimum Gasteiger partial charge on any atom is -0.385 e. The molecular formula is C28H29BrF3N3O3S. The number of rotatable bonds is 4. The van der Waals surface area contributed by atoms with Crippen molar-refractivity contribution in [3.05, 3.63) is 70.8 Å². The molecule has 2 N–H and O–H groups in total. The number of likely N-dealkylation sites (tertiary alicyclic amines) is 1. The number of fused-ring (bicyclic) bond motifs is 1. The molecule has 2 saturated heterocycles. The summed E-state index contributed by atoms with van der Waals surface area (Å²) in [4.78, 5) is 29.8. The van der Waals surface area contributed by atoms with Crippen molar-refractivity contribution in [2.24, 2.45) is 5.92 Å². The second-order valence-corrected chi connectivity index (χ2v) is 12.3. The summed E-state index contributed by atoms with van der Waals surface area (Å²) in [5.74, 6) is -0.314. The van der Waals surface area contributed by atoms with E-state index in [4.69, 9.17) is 12.2 Å². The van der Waals surface area contributed by atoms with E-state index in [0.717, 1.165) is 37.0 Å². The Morgan fingerprint density at radius 2 is 1.82 bits per heavy atom. The van der Waals surface area contributed by atoms with Gasteiger partial charge in [0.1, 0.15) is 0 Å². The van der Waals surface area contributed by atoms with Crippen LogP contribution in [0.1, 0.15) is 59.2 Å². The lowest BCUT2D eigenvalue weighted by Gasteiger charge is -2.43. The van der Waals surface area contributed by atoms with Crippen molar-refractivity contribution >= 4 is 45.1 Å². The summed E-state index contributed by atoms with van der Waals surface area (Å²) in [6.07, 6.45) is -1.56. The summed E-state index contributed by atoms with van der Waals surface area (Å²) in [6.45, 7) is 0.738. The van der Waals surface area contributed by atoms with Crippen molar-refractivity contribution in [2.45, 2.75) is 61.3 Å². The first-order valence-corrected chi connectivity index (χ1v) is 14.3. The number of alkyl halides is 4. The Morgan fingerprint density at radius 3 is 2.49 bits per heavy atom. The topological polar surface area (TPSA) is 72.9 Å². The fraction of sp³-hybridized carbons (Fsp3) is 0.464. The van der Waals surface area contributed by atoms with Gasteiger partial charge < -0.3 is 15.3 Å². The molecule has 1 saturated carbocycles. The maximum Gasteiger partial charge on any atom is 0.416 e. The molecule has 2 aromatic carbocycles. The number of benzene rings is 2. The number of nitrogens with zero attached hydrogens (tertiary/aromatic N) is 2. The monoisotopic (exact) mass is 623 g/mol. The molecule has 2 amide bonds. The highest BCUT2D eigenvalue weighted by Gasteiger charge is 2.42. The minimum absolute atomic E-state index is 0.0228. The molecule has 3 aliphatic rings. The number of piperidine rings is 1. The first-order valence-electron chi connectivity index (χ1n) is 13.0. The standard InChI is InChI=1S/C28H29BrF3N3O3S/c29-21-8-9-23-22(15-21)25(37)35(26(39)33-23)16-17-4-6-18(7-5-17)24(36)34-12-10-27(38,11-13-34)19-2-1-3-20(14-19)28(30,31)32/h1-7,14,21-23,38H,8-13,15-16H2,(H,33,39). The van der Waals surface area contributed by atoms with Crippen LogP contribution < -0.4 is 5.32 Å². The Kier molecular flexibility index (Phi) is 7.78. The Labute approximate surface area is 238 Å². The lowest BCUT2D eigenvalue weighted by atomic mass is 9.82. The molecule has 39 heavy (non-hydrogen) atoms. The smallest absolute Gasteiger partial charge is 0.385 e. The molecule has 6 nitrogen and oxygen atoms in total. The van der Waals surface area contributed by atoms with Gasteiger partial charge in [-0.05, 0) is 79.7 Å². The van der Waals surface area contributed by atoms with Crippen molar-refractivity contribution < 1.29 is 27.9 Å². The van der Waals surface area contributed by atoms with E-state index < -0.39 is 17.3 Å². The number of halogens is 4. The molecule has 3 unspecified atom stereocenters. The van der Waals surface area contributed by atoms with Crippen molar-refractivity contribution in [1.29, 1.82) is 0 Å². The van der Waals surface area contributed by atoms with Crippen LogP contribution in [0.25, 0.3) is 0 Å². The number of hydrogen-bond donors (Lipinski definition) is 2. The van der Waals surface area contributed by atoms with Crippen LogP contribution >= 0.6 is 28.1 Å². The molecule has 1 aliphatic carbocycles. The average molecular weight is 625 g/mol. The highest BCUT2D eigenvalue weighted by molar-refractivity contribution is 9.09. The largest absolute Gasteiger partial charge is 0.416 e. The quantitative estimate of drug-likeness (QED) is 0.371. The van der Waals surface area contributed by atoms with Crippen molar-refractivity contribution in [3.63, 3.8) is 0 Å². The van der Waals surface area contributed by atoms with Gasteiger partial charge in [0.05, 0.1) is 23.6 Å². The van der Waals surface area contributed by atoms with Gasteiger partial charge in [-0.25, -0.2) is 0 Å². The molecule has 0 spiro atoms. The second kappa shape index (κ2) is 10.8. The summed E-state index contributed by atoms with van der Waals surface area (Å²) in [5.41, 5.74) is -0.725. The van der Waals surface area contributed by atoms with Gasteiger partial charge in [-0.3, -0.25) is 14.5 Å². The fourth-order valence-electron chi connectivity index (χ4n) is 5.72. The molecular weight excluding hydrogens is 595 g/mol. The predicted molar refractivity (Wildman–Crippen MR) is 147 cm³/mol. The van der Waals surface area contributed by atoms with Gasteiger partial charge in [0.2, 0.25) is 5.91 Å². The van der Waals surface area contributed by atoms with E-state index in [2.05, 4.69) is 21.2 Å². The van der Waals surface area contributed by atoms with Crippen LogP contribution in [0, 0.1) is 5.92 Å². The molecule has 2 heterocycles. The maximum absolute atomic E-state index is 13.2. The van der Waals surface area contributed by atoms with Crippen LogP contribution in [0.15, 0.2) is 48.5 Å². The van der Waals surface area contributed by atoms with Crippen LogP contribution in [0.2, 0.25) is 0 Å². The van der Waals surface area contributed by atoms with E-state index in [9.17, 15) is 27.9 Å². The Balaban J connectivity index is 1.20. The molecule has 0 bridgehead atoms. The Hall–Kier alpha value is -2.50. The molecule has 5 rings (SSSR count). The number of carbonyl (C=O) groups excluding carboxylic acids is 2. The van der Waals surface area contributed by atoms with Gasteiger partial charge >= 0.3 is 6.18 Å². The van der Waals surface area contributed by atoms with Gasteiger partial charge in [-0.15, -0.1) is 0 Å². The zero-order chi connectivity index (χ0) is 27.9. The highest BCUT2D eigenvalue weighted by atomic mass is 79.9. The second-order valence-electron chi connectivity index (χ2n) is 10.6. The zero-order valence-electron chi connectivity index (χ0n) is 21.1. The maximum atomic E-state index is 13.2. The number of amides is 2. The SMILES string of the molecule is O=C(c1ccc(CN2C(=O)C3CC(Br)CCC3NC2=S)cc1)N1CCC(O)(c2cccc(C(F)(F)F)c2)CC1. The number of aliphatic hydroxyl groups is 1. The van der Waals surface area contributed by atoms with E-state index in [1.54, 1.807) is 34.1 Å². The molecule has 0 radical (unpaired) electrons. The Bertz CT molecular complexity index is 1260. The molecule has 3 atom stereocenters. The number of thiocarbonyl (C=S) groups is 1. The molecule has 2 aliphatic heterocycles. The summed E-state index contributed by atoms with van der Waals surface area (Å²) >= 11 is 9.12. The third-order valence-corrected chi connectivity index (χ3v) is 9.24. The van der Waals surface area contributed by atoms with Gasteiger partial charge in [0, 0.05) is 29.5 Å². The normalized spacial score (nSPS) is 25.2. The van der Waals surface area contributed by atoms with Crippen molar-refractivity contribution in [2.75, 3.05) is 13.1 Å². The summed E-state index contributed by atoms with van der Waals surface area (Å²) < 4.78 is 39.4. The van der Waals surface area contributed by atoms with Gasteiger partial charge in [0.15, 0.2) is 5.11 Å². The van der Waals surface area contributed by atoms with Crippen LogP contribution in [0.4, 0.5) is 13.2 Å². The van der Waals surface area contributed by atoms with Gasteiger partial charge in [-0.1, -0.05) is 40.2 Å². The lowest BCUT2D eigenvalue weighted by molar-refractivity contribution is -0.138. The first kappa shape index (κ1) is 28.0. The van der Waals surface area contributed by atoms with Crippen LogP contribution in [0.5, 0.6) is 0 Å². The first-order chi connectivity index (χ1) is 18.4. The van der Waals surface area contributed by atoms with E-state index in [1.165, 1.54) is 12.1 Å². The van der Waals surface area contributed by atoms with E-state index in [1.807, 2.05) is 0 Å². The molecule has 208 valence electrons. The predicted octanol–water partition coefficient (Wildman–Crippen LogP) is 4.98. The van der Waals surface area contributed by atoms with E-state index in [0.29, 0.717) is 22.0 Å². The van der Waals surface area contributed by atoms with E-state index >= 15 is 0 Å². The zero-order valence-corrected chi connectivity index (χ0v) is 23.5. The lowest BCUT2D eigenvalue weighted by Crippen LogP contribution is -2.61. The summed E-state index contributed by atoms with van der Waals surface area (Å²) in [5, 5.41) is 14.8. The summed E-state index contributed by atoms with van der Waals surface area (Å²) in [6, 6.07) is 11.8. The van der Waals surface area contributed by atoms with Gasteiger partial charge in [0.25, 0.3) is 5.91 Å². The fourth-order valence-corrected chi connectivity index (χ4v) is 6.70. The molecule has 3 fully saturated rings. The number of nitrogens with one attached hydrogen (secondary N) is 1.